The lowest BCUT2D eigenvalue weighted by molar-refractivity contribution is 0.215. The third kappa shape index (κ3) is 3.92. The van der Waals surface area contributed by atoms with Gasteiger partial charge < -0.3 is 10.8 Å². The second-order valence-electron chi connectivity index (χ2n) is 0.824. The molecule has 5 heavy (non-hydrogen) atoms. The molecule has 0 saturated heterocycles. The molecule has 0 bridgehead atoms. The van der Waals surface area contributed by atoms with Gasteiger partial charge in [0.15, 0.2) is 0 Å². The van der Waals surface area contributed by atoms with E-state index in [0.717, 1.165) is 0 Å². The highest BCUT2D eigenvalue weighted by molar-refractivity contribution is 4.59. The summed E-state index contributed by atoms with van der Waals surface area (Å²) in [6.07, 6.45) is 0.759. The lowest BCUT2D eigenvalue weighted by Crippen LogP contribution is -2.16. The maximum absolute atomic E-state index is 8.08. The summed E-state index contributed by atoms with van der Waals surface area (Å²) in [4.78, 5) is 0. The number of aliphatic hydroxyl groups is 1. The maximum Gasteiger partial charge on any atom is 0.105 e. The Morgan fingerprint density at radius 2 is 2.20 bits per heavy atom. The van der Waals surface area contributed by atoms with Gasteiger partial charge in [0.25, 0.3) is 0 Å². The first kappa shape index (κ1) is 4.92. The van der Waals surface area contributed by atoms with Crippen molar-refractivity contribution in [2.24, 2.45) is 5.73 Å². The fourth-order valence-electron chi connectivity index (χ4n) is 0. The summed E-state index contributed by atoms with van der Waals surface area (Å²) >= 11 is 0. The highest BCUT2D eigenvalue weighted by atomic mass is 16.3. The quantitative estimate of drug-likeness (QED) is 0.411. The van der Waals surface area contributed by atoms with E-state index < -0.39 is 6.23 Å². The summed E-state index contributed by atoms with van der Waals surface area (Å²) in [7, 11) is 0. The van der Waals surface area contributed by atoms with Gasteiger partial charge in [-0.3, -0.25) is 0 Å². The Hall–Kier alpha value is -0.0800. The number of hydrogen-bond donors (Lipinski definition) is 2. The van der Waals surface area contributed by atoms with Crippen molar-refractivity contribution in [1.82, 2.24) is 0 Å². The number of aliphatic hydroxyl groups excluding tert-OH is 1. The molecular weight excluding hydrogens is 66.0 g/mol. The SMILES string of the molecule is C[CH][C@H](N)O. The molecule has 0 aromatic heterocycles. The molecule has 0 heterocycles. The van der Waals surface area contributed by atoms with Gasteiger partial charge >= 0.3 is 0 Å². The first-order valence-electron chi connectivity index (χ1n) is 1.50. The molecule has 0 spiro atoms. The molecule has 1 radical (unpaired) electrons. The first-order chi connectivity index (χ1) is 2.27. The van der Waals surface area contributed by atoms with Crippen molar-refractivity contribution in [1.29, 1.82) is 0 Å². The van der Waals surface area contributed by atoms with Crippen LogP contribution in [0.25, 0.3) is 0 Å². The van der Waals surface area contributed by atoms with E-state index in [1.54, 1.807) is 6.92 Å². The van der Waals surface area contributed by atoms with Crippen LogP contribution in [0.15, 0.2) is 0 Å². The van der Waals surface area contributed by atoms with Gasteiger partial charge in [0, 0.05) is 6.42 Å². The zero-order valence-electron chi connectivity index (χ0n) is 3.18. The van der Waals surface area contributed by atoms with Crippen molar-refractivity contribution >= 4 is 0 Å². The molecule has 1 atom stereocenters. The van der Waals surface area contributed by atoms with Crippen LogP contribution in [0.2, 0.25) is 0 Å². The molecule has 0 fully saturated rings. The molecule has 0 aliphatic carbocycles. The van der Waals surface area contributed by atoms with Gasteiger partial charge in [-0.1, -0.05) is 6.92 Å². The van der Waals surface area contributed by atoms with Crippen molar-refractivity contribution < 1.29 is 5.11 Å². The average Bonchev–Trinajstić information content (AvgIpc) is 1.38. The number of rotatable bonds is 1. The van der Waals surface area contributed by atoms with E-state index in [0.29, 0.717) is 0 Å². The summed E-state index contributed by atoms with van der Waals surface area (Å²) in [5.41, 5.74) is 4.79. The minimum Gasteiger partial charge on any atom is -0.379 e. The predicted octanol–water partition coefficient (Wildman–Crippen LogP) is -0.512. The monoisotopic (exact) mass is 74.1 g/mol. The van der Waals surface area contributed by atoms with Crippen LogP contribution < -0.4 is 5.73 Å². The van der Waals surface area contributed by atoms with Gasteiger partial charge in [-0.15, -0.1) is 0 Å². The first-order valence-corrected chi connectivity index (χ1v) is 1.50. The third-order valence-corrected chi connectivity index (χ3v) is 0.342. The van der Waals surface area contributed by atoms with E-state index in [1.807, 2.05) is 0 Å². The molecule has 0 aliphatic heterocycles. The molecule has 0 aliphatic rings. The summed E-state index contributed by atoms with van der Waals surface area (Å²) in [5.74, 6) is 0. The van der Waals surface area contributed by atoms with Crippen molar-refractivity contribution in [3.05, 3.63) is 6.42 Å². The number of hydrogen-bond acceptors (Lipinski definition) is 2. The fraction of sp³-hybridized carbons (Fsp3) is 0.667. The van der Waals surface area contributed by atoms with E-state index in [4.69, 9.17) is 10.8 Å². The maximum atomic E-state index is 8.08. The van der Waals surface area contributed by atoms with Crippen LogP contribution in [-0.4, -0.2) is 11.3 Å². The molecule has 0 saturated carbocycles. The average molecular weight is 74.1 g/mol. The summed E-state index contributed by atoms with van der Waals surface area (Å²) < 4.78 is 0. The second kappa shape index (κ2) is 2.18. The molecule has 2 nitrogen and oxygen atoms in total. The van der Waals surface area contributed by atoms with Crippen molar-refractivity contribution in [2.75, 3.05) is 0 Å². The van der Waals surface area contributed by atoms with E-state index in [2.05, 4.69) is 0 Å². The minimum absolute atomic E-state index is 0.741. The van der Waals surface area contributed by atoms with E-state index in [1.165, 1.54) is 6.42 Å². The summed E-state index contributed by atoms with van der Waals surface area (Å²) in [6, 6.07) is 0. The Balaban J connectivity index is 2.54. The third-order valence-electron chi connectivity index (χ3n) is 0.342. The van der Waals surface area contributed by atoms with Crippen LogP contribution in [0.3, 0.4) is 0 Å². The van der Waals surface area contributed by atoms with Gasteiger partial charge in [-0.2, -0.15) is 0 Å². The molecular formula is C3H8NO. The second-order valence-corrected chi connectivity index (χ2v) is 0.824. The Bertz CT molecular complexity index is 20.9. The molecule has 0 aromatic rings. The zero-order chi connectivity index (χ0) is 4.28. The van der Waals surface area contributed by atoms with Crippen LogP contribution in [0.1, 0.15) is 6.92 Å². The van der Waals surface area contributed by atoms with Crippen LogP contribution >= 0.6 is 0 Å². The van der Waals surface area contributed by atoms with E-state index in [-0.39, 0.29) is 0 Å². The Kier molecular flexibility index (Phi) is 2.14. The Morgan fingerprint density at radius 1 is 2.00 bits per heavy atom. The zero-order valence-corrected chi connectivity index (χ0v) is 3.18. The topological polar surface area (TPSA) is 46.2 Å². The van der Waals surface area contributed by atoms with Gasteiger partial charge in [-0.05, 0) is 0 Å². The number of nitrogens with two attached hydrogens (primary N) is 1. The minimum atomic E-state index is -0.741. The molecule has 0 amide bonds. The van der Waals surface area contributed by atoms with Crippen molar-refractivity contribution in [3.63, 3.8) is 0 Å². The molecule has 0 aromatic carbocycles. The largest absolute Gasteiger partial charge is 0.379 e. The van der Waals surface area contributed by atoms with E-state index >= 15 is 0 Å². The van der Waals surface area contributed by atoms with Crippen molar-refractivity contribution in [2.45, 2.75) is 13.2 Å². The van der Waals surface area contributed by atoms with Crippen LogP contribution in [0.4, 0.5) is 0 Å². The highest BCUT2D eigenvalue weighted by Crippen LogP contribution is 1.70. The smallest absolute Gasteiger partial charge is 0.105 e. The normalized spacial score (nSPS) is 15.0. The molecule has 3 N–H and O–H groups in total. The molecule has 0 unspecified atom stereocenters. The Morgan fingerprint density at radius 3 is 2.20 bits per heavy atom. The van der Waals surface area contributed by atoms with E-state index in [9.17, 15) is 0 Å². The van der Waals surface area contributed by atoms with Crippen LogP contribution in [-0.2, 0) is 0 Å². The lowest BCUT2D eigenvalue weighted by atomic mass is 10.5. The lowest BCUT2D eigenvalue weighted by Gasteiger charge is -1.91. The standard InChI is InChI=1S/C3H8NO/c1-2-3(4)5/h2-3,5H,4H2,1H3/t3-/m1/s1. The van der Waals surface area contributed by atoms with Gasteiger partial charge in [0.05, 0.1) is 0 Å². The van der Waals surface area contributed by atoms with Crippen molar-refractivity contribution in [3.8, 4) is 0 Å². The fourth-order valence-corrected chi connectivity index (χ4v) is 0. The van der Waals surface area contributed by atoms with Crippen LogP contribution in [0, 0.1) is 6.42 Å². The summed E-state index contributed by atoms with van der Waals surface area (Å²) in [5, 5.41) is 8.08. The molecule has 0 rings (SSSR count). The van der Waals surface area contributed by atoms with Crippen LogP contribution in [0.5, 0.6) is 0 Å². The predicted molar refractivity (Wildman–Crippen MR) is 20.2 cm³/mol. The Labute approximate surface area is 31.6 Å². The van der Waals surface area contributed by atoms with Gasteiger partial charge in [0.1, 0.15) is 6.23 Å². The highest BCUT2D eigenvalue weighted by Gasteiger charge is 1.82. The molecule has 2 heteroatoms. The summed E-state index contributed by atoms with van der Waals surface area (Å²) in [6.45, 7) is 1.70. The molecule has 31 valence electrons. The van der Waals surface area contributed by atoms with Gasteiger partial charge in [0.2, 0.25) is 0 Å². The van der Waals surface area contributed by atoms with Gasteiger partial charge in [-0.25, -0.2) is 0 Å².